The van der Waals surface area contributed by atoms with Crippen LogP contribution < -0.4 is 16.4 Å². The van der Waals surface area contributed by atoms with Crippen LogP contribution in [-0.4, -0.2) is 17.4 Å². The monoisotopic (exact) mass is 388 g/mol. The second kappa shape index (κ2) is 6.64. The van der Waals surface area contributed by atoms with E-state index >= 15 is 0 Å². The van der Waals surface area contributed by atoms with Gasteiger partial charge in [0.2, 0.25) is 0 Å². The summed E-state index contributed by atoms with van der Waals surface area (Å²) in [6, 6.07) is 3.54. The Kier molecular flexibility index (Phi) is 5.08. The summed E-state index contributed by atoms with van der Waals surface area (Å²) in [5, 5.41) is 7.02. The lowest BCUT2D eigenvalue weighted by Crippen LogP contribution is -2.12. The van der Waals surface area contributed by atoms with E-state index in [4.69, 9.17) is 17.3 Å². The standard InChI is InChI=1S/C13H14BrClN4OS/c1-3-17-13-19-11(16)10(21-13)12(20)18-9-5-8(15)6(2)4-7(9)14/h4-5H,3,16H2,1-2H3,(H,17,19)(H,18,20). The van der Waals surface area contributed by atoms with Crippen LogP contribution in [0.1, 0.15) is 22.2 Å². The molecule has 2 rings (SSSR count). The van der Waals surface area contributed by atoms with Crippen molar-refractivity contribution in [3.05, 3.63) is 32.1 Å². The normalized spacial score (nSPS) is 10.5. The highest BCUT2D eigenvalue weighted by Gasteiger charge is 2.17. The number of nitrogens with two attached hydrogens (primary N) is 1. The van der Waals surface area contributed by atoms with Crippen molar-refractivity contribution in [2.75, 3.05) is 22.9 Å². The molecule has 5 nitrogen and oxygen atoms in total. The second-order valence-corrected chi connectivity index (χ2v) is 6.56. The van der Waals surface area contributed by atoms with Crippen LogP contribution in [0, 0.1) is 6.92 Å². The van der Waals surface area contributed by atoms with Gasteiger partial charge < -0.3 is 16.4 Å². The Hall–Kier alpha value is -1.31. The molecule has 0 saturated carbocycles. The molecule has 1 aromatic carbocycles. The first-order chi connectivity index (χ1) is 9.92. The maximum Gasteiger partial charge on any atom is 0.269 e. The number of benzene rings is 1. The minimum atomic E-state index is -0.310. The van der Waals surface area contributed by atoms with Gasteiger partial charge in [-0.05, 0) is 47.5 Å². The molecular weight excluding hydrogens is 376 g/mol. The Bertz CT molecular complexity index is 689. The van der Waals surface area contributed by atoms with E-state index in [0.717, 1.165) is 10.0 Å². The molecule has 0 aliphatic carbocycles. The number of aromatic nitrogens is 1. The topological polar surface area (TPSA) is 80.0 Å². The Morgan fingerprint density at radius 3 is 2.90 bits per heavy atom. The molecule has 2 aromatic rings. The van der Waals surface area contributed by atoms with E-state index in [1.54, 1.807) is 6.07 Å². The summed E-state index contributed by atoms with van der Waals surface area (Å²) in [5.74, 6) is -0.0995. The highest BCUT2D eigenvalue weighted by molar-refractivity contribution is 9.10. The van der Waals surface area contributed by atoms with Gasteiger partial charge in [-0.15, -0.1) is 0 Å². The summed E-state index contributed by atoms with van der Waals surface area (Å²) in [6.07, 6.45) is 0. The lowest BCUT2D eigenvalue weighted by atomic mass is 10.2. The number of nitrogens with zero attached hydrogens (tertiary/aromatic N) is 1. The maximum absolute atomic E-state index is 12.3. The third kappa shape index (κ3) is 3.66. The molecule has 0 fully saturated rings. The van der Waals surface area contributed by atoms with Crippen LogP contribution >= 0.6 is 38.9 Å². The van der Waals surface area contributed by atoms with E-state index in [1.165, 1.54) is 11.3 Å². The largest absolute Gasteiger partial charge is 0.382 e. The van der Waals surface area contributed by atoms with Gasteiger partial charge in [0.25, 0.3) is 5.91 Å². The zero-order valence-electron chi connectivity index (χ0n) is 11.5. The number of nitrogen functional groups attached to an aromatic ring is 1. The Labute approximate surface area is 140 Å². The summed E-state index contributed by atoms with van der Waals surface area (Å²) < 4.78 is 0.757. The van der Waals surface area contributed by atoms with Gasteiger partial charge in [0, 0.05) is 16.0 Å². The van der Waals surface area contributed by atoms with Gasteiger partial charge in [-0.1, -0.05) is 22.9 Å². The van der Waals surface area contributed by atoms with Crippen LogP contribution in [0.3, 0.4) is 0 Å². The minimum absolute atomic E-state index is 0.211. The van der Waals surface area contributed by atoms with Crippen LogP contribution in [0.25, 0.3) is 0 Å². The van der Waals surface area contributed by atoms with Gasteiger partial charge in [-0.3, -0.25) is 4.79 Å². The minimum Gasteiger partial charge on any atom is -0.382 e. The van der Waals surface area contributed by atoms with Gasteiger partial charge >= 0.3 is 0 Å². The highest BCUT2D eigenvalue weighted by atomic mass is 79.9. The van der Waals surface area contributed by atoms with Crippen molar-refractivity contribution in [1.29, 1.82) is 0 Å². The summed E-state index contributed by atoms with van der Waals surface area (Å²) in [7, 11) is 0. The van der Waals surface area contributed by atoms with Gasteiger partial charge in [0.1, 0.15) is 10.7 Å². The number of halogens is 2. The van der Waals surface area contributed by atoms with Crippen molar-refractivity contribution in [2.45, 2.75) is 13.8 Å². The predicted octanol–water partition coefficient (Wildman–Crippen LogP) is 4.13. The molecule has 0 aliphatic rings. The van der Waals surface area contributed by atoms with Crippen molar-refractivity contribution in [1.82, 2.24) is 4.98 Å². The van der Waals surface area contributed by atoms with E-state index in [9.17, 15) is 4.79 Å². The molecule has 0 bridgehead atoms. The lowest BCUT2D eigenvalue weighted by Gasteiger charge is -2.08. The molecular formula is C13H14BrClN4OS. The quantitative estimate of drug-likeness (QED) is 0.734. The number of carbonyl (C=O) groups is 1. The van der Waals surface area contributed by atoms with Crippen LogP contribution in [-0.2, 0) is 0 Å². The van der Waals surface area contributed by atoms with Crippen molar-refractivity contribution >= 4 is 61.4 Å². The summed E-state index contributed by atoms with van der Waals surface area (Å²) in [5.41, 5.74) is 7.29. The van der Waals surface area contributed by atoms with Gasteiger partial charge in [-0.2, -0.15) is 0 Å². The Balaban J connectivity index is 2.24. The molecule has 4 N–H and O–H groups in total. The third-order valence-electron chi connectivity index (χ3n) is 2.68. The van der Waals surface area contributed by atoms with Crippen molar-refractivity contribution in [2.24, 2.45) is 0 Å². The Morgan fingerprint density at radius 2 is 2.24 bits per heavy atom. The molecule has 21 heavy (non-hydrogen) atoms. The predicted molar refractivity (Wildman–Crippen MR) is 92.5 cm³/mol. The fourth-order valence-corrected chi connectivity index (χ4v) is 3.21. The molecule has 0 aliphatic heterocycles. The number of anilines is 3. The number of thiazole rings is 1. The molecule has 8 heteroatoms. The molecule has 0 radical (unpaired) electrons. The number of hydrogen-bond acceptors (Lipinski definition) is 5. The number of rotatable bonds is 4. The second-order valence-electron chi connectivity index (χ2n) is 4.30. The molecule has 0 saturated heterocycles. The molecule has 112 valence electrons. The number of amides is 1. The zero-order chi connectivity index (χ0) is 15.6. The first kappa shape index (κ1) is 16.1. The fourth-order valence-electron chi connectivity index (χ4n) is 1.64. The molecule has 0 atom stereocenters. The first-order valence-electron chi connectivity index (χ1n) is 6.19. The average molecular weight is 390 g/mol. The Morgan fingerprint density at radius 1 is 1.52 bits per heavy atom. The lowest BCUT2D eigenvalue weighted by molar-refractivity contribution is 0.103. The van der Waals surface area contributed by atoms with E-state index < -0.39 is 0 Å². The van der Waals surface area contributed by atoms with E-state index in [1.807, 2.05) is 19.9 Å². The van der Waals surface area contributed by atoms with Crippen LogP contribution in [0.15, 0.2) is 16.6 Å². The average Bonchev–Trinajstić information content (AvgIpc) is 2.77. The molecule has 1 heterocycles. The van der Waals surface area contributed by atoms with Gasteiger partial charge in [0.05, 0.1) is 5.69 Å². The van der Waals surface area contributed by atoms with E-state index in [2.05, 4.69) is 31.5 Å². The number of carbonyl (C=O) groups excluding carboxylic acids is 1. The summed E-state index contributed by atoms with van der Waals surface area (Å²) >= 11 is 10.7. The highest BCUT2D eigenvalue weighted by Crippen LogP contribution is 2.31. The van der Waals surface area contributed by atoms with Crippen LogP contribution in [0.5, 0.6) is 0 Å². The van der Waals surface area contributed by atoms with E-state index in [0.29, 0.717) is 27.3 Å². The SMILES string of the molecule is CCNc1nc(N)c(C(=O)Nc2cc(Cl)c(C)cc2Br)s1. The maximum atomic E-state index is 12.3. The molecule has 0 unspecified atom stereocenters. The van der Waals surface area contributed by atoms with Crippen molar-refractivity contribution < 1.29 is 4.79 Å². The third-order valence-corrected chi connectivity index (χ3v) is 4.78. The van der Waals surface area contributed by atoms with Crippen LogP contribution in [0.2, 0.25) is 5.02 Å². The summed E-state index contributed by atoms with van der Waals surface area (Å²) in [4.78, 5) is 16.8. The van der Waals surface area contributed by atoms with E-state index in [-0.39, 0.29) is 11.7 Å². The van der Waals surface area contributed by atoms with Gasteiger partial charge in [-0.25, -0.2) is 4.98 Å². The zero-order valence-corrected chi connectivity index (χ0v) is 14.6. The smallest absolute Gasteiger partial charge is 0.269 e. The molecule has 0 spiro atoms. The van der Waals surface area contributed by atoms with Crippen molar-refractivity contribution in [3.8, 4) is 0 Å². The number of aryl methyl sites for hydroxylation is 1. The summed E-state index contributed by atoms with van der Waals surface area (Å²) in [6.45, 7) is 4.55. The first-order valence-corrected chi connectivity index (χ1v) is 8.18. The number of nitrogens with one attached hydrogen (secondary N) is 2. The van der Waals surface area contributed by atoms with Crippen LogP contribution in [0.4, 0.5) is 16.6 Å². The van der Waals surface area contributed by atoms with Crippen molar-refractivity contribution in [3.63, 3.8) is 0 Å². The fraction of sp³-hybridized carbons (Fsp3) is 0.231. The van der Waals surface area contributed by atoms with Gasteiger partial charge in [0.15, 0.2) is 5.13 Å². The molecule has 1 amide bonds. The number of hydrogen-bond donors (Lipinski definition) is 3. The molecule has 1 aromatic heterocycles.